The minimum atomic E-state index is -0.265. The molecule has 1 aromatic heterocycles. The van der Waals surface area contributed by atoms with Gasteiger partial charge < -0.3 is 15.6 Å². The van der Waals surface area contributed by atoms with Crippen LogP contribution in [0.5, 0.6) is 0 Å². The van der Waals surface area contributed by atoms with Crippen LogP contribution in [-0.4, -0.2) is 22.1 Å². The van der Waals surface area contributed by atoms with Crippen LogP contribution < -0.4 is 11.1 Å². The summed E-state index contributed by atoms with van der Waals surface area (Å²) in [6.45, 7) is 2.07. The molecule has 1 fully saturated rings. The summed E-state index contributed by atoms with van der Waals surface area (Å²) in [5.74, 6) is 0.172. The number of carbonyl (C=O) groups is 1. The molecule has 6 nitrogen and oxygen atoms in total. The number of aromatic nitrogens is 2. The Labute approximate surface area is 139 Å². The average molecular weight is 332 g/mol. The van der Waals surface area contributed by atoms with Crippen LogP contribution in [0.3, 0.4) is 0 Å². The normalized spacial score (nSPS) is 20.9. The molecule has 7 heteroatoms. The van der Waals surface area contributed by atoms with Gasteiger partial charge in [0.2, 0.25) is 17.6 Å². The van der Waals surface area contributed by atoms with Crippen LogP contribution in [0.4, 0.5) is 4.39 Å². The fourth-order valence-electron chi connectivity index (χ4n) is 3.16. The molecule has 2 atom stereocenters. The Bertz CT molecular complexity index is 731. The zero-order chi connectivity index (χ0) is 17.1. The first kappa shape index (κ1) is 16.6. The molecule has 24 heavy (non-hydrogen) atoms. The van der Waals surface area contributed by atoms with Gasteiger partial charge in [0.05, 0.1) is 12.5 Å². The first-order chi connectivity index (χ1) is 11.5. The number of hydrogen-bond acceptors (Lipinski definition) is 5. The van der Waals surface area contributed by atoms with Crippen LogP contribution in [0.2, 0.25) is 0 Å². The van der Waals surface area contributed by atoms with Crippen molar-refractivity contribution in [2.45, 2.75) is 45.2 Å². The number of carbonyl (C=O) groups excluding carboxylic acids is 1. The quantitative estimate of drug-likeness (QED) is 0.876. The van der Waals surface area contributed by atoms with Crippen LogP contribution in [0.15, 0.2) is 22.7 Å². The fraction of sp³-hybridized carbons (Fsp3) is 0.471. The summed E-state index contributed by atoms with van der Waals surface area (Å²) in [7, 11) is 0. The van der Waals surface area contributed by atoms with Crippen LogP contribution in [0, 0.1) is 18.7 Å². The second-order valence-corrected chi connectivity index (χ2v) is 6.26. The molecule has 2 aromatic rings. The Morgan fingerprint density at radius 3 is 2.96 bits per heavy atom. The van der Waals surface area contributed by atoms with Gasteiger partial charge in [0.1, 0.15) is 5.82 Å². The van der Waals surface area contributed by atoms with Gasteiger partial charge in [-0.1, -0.05) is 18.0 Å². The van der Waals surface area contributed by atoms with Gasteiger partial charge in [0.25, 0.3) is 0 Å². The van der Waals surface area contributed by atoms with Gasteiger partial charge in [-0.3, -0.25) is 4.79 Å². The average Bonchev–Trinajstić information content (AvgIpc) is 3.04. The van der Waals surface area contributed by atoms with Crippen molar-refractivity contribution in [1.82, 2.24) is 15.5 Å². The van der Waals surface area contributed by atoms with Gasteiger partial charge >= 0.3 is 0 Å². The molecular formula is C17H21FN4O2. The van der Waals surface area contributed by atoms with E-state index in [0.29, 0.717) is 29.4 Å². The number of benzene rings is 1. The number of nitrogens with zero attached hydrogens (tertiary/aromatic N) is 2. The molecule has 0 aliphatic heterocycles. The van der Waals surface area contributed by atoms with E-state index in [9.17, 15) is 9.18 Å². The van der Waals surface area contributed by atoms with Crippen molar-refractivity contribution in [3.63, 3.8) is 0 Å². The van der Waals surface area contributed by atoms with E-state index in [2.05, 4.69) is 15.5 Å². The van der Waals surface area contributed by atoms with Gasteiger partial charge in [0, 0.05) is 11.6 Å². The second kappa shape index (κ2) is 7.09. The molecule has 0 saturated heterocycles. The molecule has 1 aliphatic rings. The maximum atomic E-state index is 13.3. The highest BCUT2D eigenvalue weighted by atomic mass is 19.1. The van der Waals surface area contributed by atoms with E-state index in [1.165, 1.54) is 6.07 Å². The summed E-state index contributed by atoms with van der Waals surface area (Å²) in [5, 5.41) is 7.23. The Morgan fingerprint density at radius 2 is 2.21 bits per heavy atom. The first-order valence-electron chi connectivity index (χ1n) is 8.16. The van der Waals surface area contributed by atoms with E-state index in [0.717, 1.165) is 25.7 Å². The molecule has 1 amide bonds. The summed E-state index contributed by atoms with van der Waals surface area (Å²) in [6, 6.07) is 4.73. The Hall–Kier alpha value is -2.28. The van der Waals surface area contributed by atoms with Crippen LogP contribution >= 0.6 is 0 Å². The van der Waals surface area contributed by atoms with Crippen molar-refractivity contribution in [2.24, 2.45) is 11.7 Å². The highest BCUT2D eigenvalue weighted by molar-refractivity contribution is 5.77. The molecule has 0 bridgehead atoms. The van der Waals surface area contributed by atoms with Gasteiger partial charge in [-0.2, -0.15) is 4.98 Å². The third-order valence-corrected chi connectivity index (χ3v) is 4.53. The van der Waals surface area contributed by atoms with Crippen LogP contribution in [0.1, 0.15) is 37.1 Å². The van der Waals surface area contributed by atoms with Gasteiger partial charge in [-0.25, -0.2) is 4.39 Å². The molecule has 128 valence electrons. The molecule has 3 N–H and O–H groups in total. The largest absolute Gasteiger partial charge is 0.369 e. The number of primary amides is 1. The summed E-state index contributed by atoms with van der Waals surface area (Å²) in [5.41, 5.74) is 6.71. The van der Waals surface area contributed by atoms with Crippen LogP contribution in [-0.2, 0) is 11.3 Å². The van der Waals surface area contributed by atoms with Crippen molar-refractivity contribution in [3.05, 3.63) is 35.5 Å². The van der Waals surface area contributed by atoms with Gasteiger partial charge in [0.15, 0.2) is 0 Å². The lowest BCUT2D eigenvalue weighted by Crippen LogP contribution is -2.44. The SMILES string of the molecule is Cc1cc(-c2noc(CN[C@H]3CCCC[C@@H]3C(N)=O)n2)ccc1F. The van der Waals surface area contributed by atoms with E-state index in [-0.39, 0.29) is 23.7 Å². The number of hydrogen-bond donors (Lipinski definition) is 2. The number of rotatable bonds is 5. The lowest BCUT2D eigenvalue weighted by molar-refractivity contribution is -0.123. The molecule has 1 aromatic carbocycles. The molecule has 0 radical (unpaired) electrons. The Balaban J connectivity index is 1.65. The number of nitrogens with one attached hydrogen (secondary N) is 1. The Kier molecular flexibility index (Phi) is 4.89. The van der Waals surface area contributed by atoms with Gasteiger partial charge in [-0.15, -0.1) is 0 Å². The Morgan fingerprint density at radius 1 is 1.42 bits per heavy atom. The number of aryl methyl sites for hydroxylation is 1. The molecule has 0 unspecified atom stereocenters. The smallest absolute Gasteiger partial charge is 0.240 e. The van der Waals surface area contributed by atoms with E-state index < -0.39 is 0 Å². The molecule has 3 rings (SSSR count). The van der Waals surface area contributed by atoms with E-state index >= 15 is 0 Å². The minimum absolute atomic E-state index is 0.0414. The third-order valence-electron chi connectivity index (χ3n) is 4.53. The van der Waals surface area contributed by atoms with Crippen molar-refractivity contribution < 1.29 is 13.7 Å². The number of amides is 1. The topological polar surface area (TPSA) is 94.0 Å². The monoisotopic (exact) mass is 332 g/mol. The highest BCUT2D eigenvalue weighted by Crippen LogP contribution is 2.24. The molecule has 1 heterocycles. The van der Waals surface area contributed by atoms with Crippen molar-refractivity contribution in [1.29, 1.82) is 0 Å². The number of nitrogens with two attached hydrogens (primary N) is 1. The lowest BCUT2D eigenvalue weighted by Gasteiger charge is -2.29. The fourth-order valence-corrected chi connectivity index (χ4v) is 3.16. The molecule has 1 aliphatic carbocycles. The maximum Gasteiger partial charge on any atom is 0.240 e. The van der Waals surface area contributed by atoms with Crippen molar-refractivity contribution in [3.8, 4) is 11.4 Å². The van der Waals surface area contributed by atoms with Crippen molar-refractivity contribution >= 4 is 5.91 Å². The molecular weight excluding hydrogens is 311 g/mol. The molecule has 0 spiro atoms. The van der Waals surface area contributed by atoms with E-state index in [4.69, 9.17) is 10.3 Å². The summed E-state index contributed by atoms with van der Waals surface area (Å²) in [6.07, 6.45) is 3.83. The zero-order valence-corrected chi connectivity index (χ0v) is 13.6. The second-order valence-electron chi connectivity index (χ2n) is 6.26. The van der Waals surface area contributed by atoms with Crippen LogP contribution in [0.25, 0.3) is 11.4 Å². The molecule has 1 saturated carbocycles. The minimum Gasteiger partial charge on any atom is -0.369 e. The highest BCUT2D eigenvalue weighted by Gasteiger charge is 2.29. The standard InChI is InChI=1S/C17H21FN4O2/c1-10-8-11(6-7-13(10)18)17-21-15(24-22-17)9-20-14-5-3-2-4-12(14)16(19)23/h6-8,12,14,20H,2-5,9H2,1H3,(H2,19,23)/t12-,14-/m0/s1. The summed E-state index contributed by atoms with van der Waals surface area (Å²) in [4.78, 5) is 15.9. The third kappa shape index (κ3) is 3.62. The predicted octanol–water partition coefficient (Wildman–Crippen LogP) is 2.32. The first-order valence-corrected chi connectivity index (χ1v) is 8.16. The van der Waals surface area contributed by atoms with Gasteiger partial charge in [-0.05, 0) is 43.5 Å². The zero-order valence-electron chi connectivity index (χ0n) is 13.6. The van der Waals surface area contributed by atoms with E-state index in [1.54, 1.807) is 19.1 Å². The number of halogens is 1. The lowest BCUT2D eigenvalue weighted by atomic mass is 9.84. The summed E-state index contributed by atoms with van der Waals surface area (Å²) < 4.78 is 18.6. The maximum absolute atomic E-state index is 13.3. The van der Waals surface area contributed by atoms with E-state index in [1.807, 2.05) is 0 Å². The predicted molar refractivity (Wildman–Crippen MR) is 86.2 cm³/mol. The van der Waals surface area contributed by atoms with Crippen molar-refractivity contribution in [2.75, 3.05) is 0 Å². The summed E-state index contributed by atoms with van der Waals surface area (Å²) >= 11 is 0.